The van der Waals surface area contributed by atoms with Crippen LogP contribution in [0.5, 0.6) is 0 Å². The first kappa shape index (κ1) is 16.6. The van der Waals surface area contributed by atoms with Gasteiger partial charge < -0.3 is 15.1 Å². The molecule has 0 atom stereocenters. The predicted octanol–water partition coefficient (Wildman–Crippen LogP) is 3.24. The van der Waals surface area contributed by atoms with Gasteiger partial charge in [0.25, 0.3) is 0 Å². The van der Waals surface area contributed by atoms with Crippen molar-refractivity contribution in [2.24, 2.45) is 0 Å². The molecule has 0 unspecified atom stereocenters. The lowest BCUT2D eigenvalue weighted by Crippen LogP contribution is -2.47. The molecule has 5 heteroatoms. The average Bonchev–Trinajstić information content (AvgIpc) is 2.57. The Morgan fingerprint density at radius 3 is 2.42 bits per heavy atom. The lowest BCUT2D eigenvalue weighted by Gasteiger charge is -2.37. The summed E-state index contributed by atoms with van der Waals surface area (Å²) in [4.78, 5) is 13.8. The zero-order valence-electron chi connectivity index (χ0n) is 15.1. The van der Waals surface area contributed by atoms with Crippen molar-refractivity contribution in [3.63, 3.8) is 0 Å². The number of hydrogen-bond donors (Lipinski definition) is 1. The topological polar surface area (TPSA) is 44.3 Å². The van der Waals surface area contributed by atoms with Gasteiger partial charge in [0.15, 0.2) is 0 Å². The van der Waals surface area contributed by atoms with Crippen LogP contribution in [-0.4, -0.2) is 42.2 Å². The fraction of sp³-hybridized carbons (Fsp3) is 0.474. The third-order valence-corrected chi connectivity index (χ3v) is 4.58. The van der Waals surface area contributed by atoms with Crippen molar-refractivity contribution in [2.45, 2.75) is 33.7 Å². The Morgan fingerprint density at radius 2 is 1.71 bits per heavy atom. The molecule has 0 bridgehead atoms. The van der Waals surface area contributed by atoms with Crippen molar-refractivity contribution in [1.29, 1.82) is 0 Å². The smallest absolute Gasteiger partial charge is 0.224 e. The highest BCUT2D eigenvalue weighted by Gasteiger charge is 2.20. The molecule has 2 heterocycles. The molecule has 0 spiro atoms. The second kappa shape index (κ2) is 7.07. The normalized spacial score (nSPS) is 15.0. The van der Waals surface area contributed by atoms with Crippen LogP contribution in [0, 0.1) is 13.8 Å². The molecular weight excluding hydrogens is 298 g/mol. The SMILES string of the molecule is Cc1cccc(N2CCN(c3ccnc(NC(C)C)n3)CC2)c1C. The molecule has 2 aromatic rings. The molecule has 1 aliphatic heterocycles. The Hall–Kier alpha value is -2.30. The zero-order valence-corrected chi connectivity index (χ0v) is 15.1. The van der Waals surface area contributed by atoms with Gasteiger partial charge in [0, 0.05) is 44.1 Å². The molecule has 3 rings (SSSR count). The highest BCUT2D eigenvalue weighted by molar-refractivity contribution is 5.57. The summed E-state index contributed by atoms with van der Waals surface area (Å²) < 4.78 is 0. The number of aromatic nitrogens is 2. The summed E-state index contributed by atoms with van der Waals surface area (Å²) in [5, 5.41) is 3.27. The third-order valence-electron chi connectivity index (χ3n) is 4.58. The van der Waals surface area contributed by atoms with E-state index in [1.165, 1.54) is 16.8 Å². The minimum Gasteiger partial charge on any atom is -0.368 e. The first-order valence-corrected chi connectivity index (χ1v) is 8.70. The van der Waals surface area contributed by atoms with E-state index < -0.39 is 0 Å². The van der Waals surface area contributed by atoms with Gasteiger partial charge in [-0.15, -0.1) is 0 Å². The van der Waals surface area contributed by atoms with Gasteiger partial charge in [-0.25, -0.2) is 4.98 Å². The van der Waals surface area contributed by atoms with Crippen molar-refractivity contribution in [3.05, 3.63) is 41.6 Å². The minimum absolute atomic E-state index is 0.335. The van der Waals surface area contributed by atoms with E-state index >= 15 is 0 Å². The van der Waals surface area contributed by atoms with Gasteiger partial charge in [0.1, 0.15) is 5.82 Å². The summed E-state index contributed by atoms with van der Waals surface area (Å²) in [7, 11) is 0. The maximum atomic E-state index is 4.65. The van der Waals surface area contributed by atoms with E-state index in [2.05, 4.69) is 71.0 Å². The Balaban J connectivity index is 1.68. The molecule has 0 amide bonds. The monoisotopic (exact) mass is 325 g/mol. The van der Waals surface area contributed by atoms with Gasteiger partial charge in [0.05, 0.1) is 0 Å². The Morgan fingerprint density at radius 1 is 1.00 bits per heavy atom. The molecule has 5 nitrogen and oxygen atoms in total. The largest absolute Gasteiger partial charge is 0.368 e. The zero-order chi connectivity index (χ0) is 17.1. The Labute approximate surface area is 144 Å². The number of rotatable bonds is 4. The van der Waals surface area contributed by atoms with Crippen LogP contribution in [0.25, 0.3) is 0 Å². The highest BCUT2D eigenvalue weighted by atomic mass is 15.3. The van der Waals surface area contributed by atoms with E-state index in [1.807, 2.05) is 12.3 Å². The van der Waals surface area contributed by atoms with Crippen LogP contribution in [-0.2, 0) is 0 Å². The molecule has 1 fully saturated rings. The van der Waals surface area contributed by atoms with Crippen LogP contribution in [0.3, 0.4) is 0 Å². The Kier molecular flexibility index (Phi) is 4.88. The average molecular weight is 325 g/mol. The molecule has 1 N–H and O–H groups in total. The van der Waals surface area contributed by atoms with Crippen molar-refractivity contribution in [1.82, 2.24) is 9.97 Å². The number of anilines is 3. The van der Waals surface area contributed by atoms with Crippen LogP contribution >= 0.6 is 0 Å². The molecule has 0 radical (unpaired) electrons. The van der Waals surface area contributed by atoms with E-state index in [9.17, 15) is 0 Å². The van der Waals surface area contributed by atoms with Gasteiger partial charge in [0.2, 0.25) is 5.95 Å². The molecule has 1 aliphatic rings. The van der Waals surface area contributed by atoms with Crippen LogP contribution < -0.4 is 15.1 Å². The van der Waals surface area contributed by atoms with Gasteiger partial charge >= 0.3 is 0 Å². The first-order valence-electron chi connectivity index (χ1n) is 8.70. The molecule has 128 valence electrons. The molecule has 0 aliphatic carbocycles. The maximum Gasteiger partial charge on any atom is 0.224 e. The quantitative estimate of drug-likeness (QED) is 0.935. The van der Waals surface area contributed by atoms with Gasteiger partial charge in [-0.2, -0.15) is 4.98 Å². The molecule has 1 aromatic heterocycles. The molecule has 0 saturated carbocycles. The van der Waals surface area contributed by atoms with Crippen LogP contribution in [0.15, 0.2) is 30.5 Å². The van der Waals surface area contributed by atoms with Crippen LogP contribution in [0.2, 0.25) is 0 Å². The Bertz CT molecular complexity index is 690. The fourth-order valence-electron chi connectivity index (χ4n) is 3.11. The lowest BCUT2D eigenvalue weighted by atomic mass is 10.1. The van der Waals surface area contributed by atoms with Gasteiger partial charge in [-0.05, 0) is 51.0 Å². The van der Waals surface area contributed by atoms with E-state index in [4.69, 9.17) is 0 Å². The molecule has 1 saturated heterocycles. The van der Waals surface area contributed by atoms with E-state index in [-0.39, 0.29) is 0 Å². The second-order valence-electron chi connectivity index (χ2n) is 6.73. The standard InChI is InChI=1S/C19H27N5/c1-14(2)21-19-20-9-8-18(22-19)24-12-10-23(11-13-24)17-7-5-6-15(3)16(17)4/h5-9,14H,10-13H2,1-4H3,(H,20,21,22). The van der Waals surface area contributed by atoms with Crippen molar-refractivity contribution in [3.8, 4) is 0 Å². The third kappa shape index (κ3) is 3.61. The second-order valence-corrected chi connectivity index (χ2v) is 6.73. The fourth-order valence-corrected chi connectivity index (χ4v) is 3.11. The van der Waals surface area contributed by atoms with Crippen molar-refractivity contribution >= 4 is 17.5 Å². The molecule has 24 heavy (non-hydrogen) atoms. The molecule has 1 aromatic carbocycles. The first-order chi connectivity index (χ1) is 11.5. The van der Waals surface area contributed by atoms with E-state index in [0.717, 1.165) is 32.0 Å². The summed E-state index contributed by atoms with van der Waals surface area (Å²) in [5.74, 6) is 1.72. The summed E-state index contributed by atoms with van der Waals surface area (Å²) in [6.07, 6.45) is 1.84. The number of piperazine rings is 1. The highest BCUT2D eigenvalue weighted by Crippen LogP contribution is 2.25. The van der Waals surface area contributed by atoms with Crippen molar-refractivity contribution in [2.75, 3.05) is 41.3 Å². The number of nitrogens with zero attached hydrogens (tertiary/aromatic N) is 4. The van der Waals surface area contributed by atoms with Crippen LogP contribution in [0.1, 0.15) is 25.0 Å². The van der Waals surface area contributed by atoms with Gasteiger partial charge in [-0.3, -0.25) is 0 Å². The number of benzene rings is 1. The molecular formula is C19H27N5. The summed E-state index contributed by atoms with van der Waals surface area (Å²) >= 11 is 0. The summed E-state index contributed by atoms with van der Waals surface area (Å²) in [6, 6.07) is 8.89. The number of aryl methyl sites for hydroxylation is 1. The summed E-state index contributed by atoms with van der Waals surface area (Å²) in [6.45, 7) is 12.6. The predicted molar refractivity (Wildman–Crippen MR) is 101 cm³/mol. The lowest BCUT2D eigenvalue weighted by molar-refractivity contribution is 0.645. The number of hydrogen-bond acceptors (Lipinski definition) is 5. The van der Waals surface area contributed by atoms with Crippen molar-refractivity contribution < 1.29 is 0 Å². The van der Waals surface area contributed by atoms with E-state index in [0.29, 0.717) is 12.0 Å². The van der Waals surface area contributed by atoms with E-state index in [1.54, 1.807) is 0 Å². The van der Waals surface area contributed by atoms with Crippen LogP contribution in [0.4, 0.5) is 17.5 Å². The summed E-state index contributed by atoms with van der Waals surface area (Å²) in [5.41, 5.74) is 4.10. The minimum atomic E-state index is 0.335. The maximum absolute atomic E-state index is 4.65. The number of nitrogens with one attached hydrogen (secondary N) is 1. The van der Waals surface area contributed by atoms with Gasteiger partial charge in [-0.1, -0.05) is 12.1 Å².